The van der Waals surface area contributed by atoms with Crippen LogP contribution in [0.3, 0.4) is 0 Å². The zero-order valence-corrected chi connectivity index (χ0v) is 13.4. The summed E-state index contributed by atoms with van der Waals surface area (Å²) < 4.78 is 5.47. The number of nitrogens with one attached hydrogen (secondary N) is 2. The largest absolute Gasteiger partial charge is 0.358 e. The van der Waals surface area contributed by atoms with Crippen LogP contribution in [0.15, 0.2) is 28.8 Å². The average Bonchev–Trinajstić information content (AvgIpc) is 3.14. The highest BCUT2D eigenvalue weighted by molar-refractivity contribution is 5.84. The van der Waals surface area contributed by atoms with Gasteiger partial charge in [0.05, 0.1) is 0 Å². The van der Waals surface area contributed by atoms with Crippen LogP contribution in [0.25, 0.3) is 10.9 Å². The monoisotopic (exact) mass is 310 g/mol. The van der Waals surface area contributed by atoms with Crippen molar-refractivity contribution >= 4 is 10.9 Å². The molecule has 4 rings (SSSR count). The minimum absolute atomic E-state index is 0.617. The molecule has 1 saturated heterocycles. The fourth-order valence-corrected chi connectivity index (χ4v) is 3.51. The highest BCUT2D eigenvalue weighted by atomic mass is 16.5. The number of hydrogen-bond donors (Lipinski definition) is 2. The molecule has 5 nitrogen and oxygen atoms in total. The molecule has 0 radical (unpaired) electrons. The van der Waals surface area contributed by atoms with Crippen molar-refractivity contribution in [3.63, 3.8) is 0 Å². The number of benzene rings is 1. The zero-order valence-electron chi connectivity index (χ0n) is 13.4. The van der Waals surface area contributed by atoms with Crippen molar-refractivity contribution < 1.29 is 4.52 Å². The van der Waals surface area contributed by atoms with Crippen LogP contribution in [-0.4, -0.2) is 28.2 Å². The van der Waals surface area contributed by atoms with E-state index in [-0.39, 0.29) is 0 Å². The summed E-state index contributed by atoms with van der Waals surface area (Å²) in [5.74, 6) is 2.16. The predicted octanol–water partition coefficient (Wildman–Crippen LogP) is 2.99. The maximum Gasteiger partial charge on any atom is 0.226 e. The van der Waals surface area contributed by atoms with E-state index in [1.807, 2.05) is 6.07 Å². The fourth-order valence-electron chi connectivity index (χ4n) is 3.51. The summed E-state index contributed by atoms with van der Waals surface area (Å²) in [5, 5.41) is 8.86. The van der Waals surface area contributed by atoms with Gasteiger partial charge in [-0.05, 0) is 50.4 Å². The van der Waals surface area contributed by atoms with E-state index in [1.54, 1.807) is 0 Å². The number of hydrogen-bond acceptors (Lipinski definition) is 4. The molecule has 0 bridgehead atoms. The van der Waals surface area contributed by atoms with E-state index in [0.717, 1.165) is 36.7 Å². The van der Waals surface area contributed by atoms with Crippen LogP contribution in [0.2, 0.25) is 0 Å². The molecule has 0 aliphatic carbocycles. The Hall–Kier alpha value is -2.14. The van der Waals surface area contributed by atoms with E-state index in [0.29, 0.717) is 12.3 Å². The van der Waals surface area contributed by atoms with Gasteiger partial charge in [0.1, 0.15) is 0 Å². The summed E-state index contributed by atoms with van der Waals surface area (Å²) in [6, 6.07) is 8.36. The molecule has 0 spiro atoms. The summed E-state index contributed by atoms with van der Waals surface area (Å²) in [4.78, 5) is 8.03. The van der Waals surface area contributed by atoms with Gasteiger partial charge in [0.25, 0.3) is 0 Å². The Labute approximate surface area is 135 Å². The van der Waals surface area contributed by atoms with Gasteiger partial charge >= 0.3 is 0 Å². The molecule has 0 unspecified atom stereocenters. The first-order valence-corrected chi connectivity index (χ1v) is 8.38. The molecule has 1 aliphatic rings. The second kappa shape index (κ2) is 6.16. The number of aromatic amines is 1. The number of piperidine rings is 1. The van der Waals surface area contributed by atoms with Crippen molar-refractivity contribution in [2.24, 2.45) is 5.92 Å². The summed E-state index contributed by atoms with van der Waals surface area (Å²) in [6.45, 7) is 4.29. The van der Waals surface area contributed by atoms with Crippen molar-refractivity contribution in [3.8, 4) is 0 Å². The van der Waals surface area contributed by atoms with Gasteiger partial charge in [0.2, 0.25) is 5.89 Å². The fraction of sp³-hybridized carbons (Fsp3) is 0.444. The molecule has 5 heteroatoms. The van der Waals surface area contributed by atoms with Crippen molar-refractivity contribution in [2.45, 2.75) is 32.6 Å². The zero-order chi connectivity index (χ0) is 15.6. The van der Waals surface area contributed by atoms with Crippen molar-refractivity contribution in [1.82, 2.24) is 20.4 Å². The first kappa shape index (κ1) is 14.5. The second-order valence-corrected chi connectivity index (χ2v) is 6.47. The van der Waals surface area contributed by atoms with Crippen LogP contribution in [-0.2, 0) is 12.8 Å². The number of aromatic nitrogens is 3. The first-order valence-electron chi connectivity index (χ1n) is 8.38. The Balaban J connectivity index is 1.51. The molecule has 0 saturated carbocycles. The number of aryl methyl sites for hydroxylation is 1. The lowest BCUT2D eigenvalue weighted by Gasteiger charge is -2.20. The molecule has 120 valence electrons. The van der Waals surface area contributed by atoms with Gasteiger partial charge < -0.3 is 14.8 Å². The van der Waals surface area contributed by atoms with E-state index < -0.39 is 0 Å². The predicted molar refractivity (Wildman–Crippen MR) is 89.4 cm³/mol. The number of fused-ring (bicyclic) bond motifs is 1. The minimum Gasteiger partial charge on any atom is -0.358 e. The molecule has 3 aromatic rings. The van der Waals surface area contributed by atoms with Crippen molar-refractivity contribution in [2.75, 3.05) is 13.1 Å². The van der Waals surface area contributed by atoms with Crippen LogP contribution in [0.4, 0.5) is 0 Å². The highest BCUT2D eigenvalue weighted by Gasteiger charge is 2.18. The molecule has 0 amide bonds. The standard InChI is InChI=1S/C18H22N4O/c1-12-15(14-6-2-3-7-16(14)20-12)10-17-21-18(23-22-17)9-13-5-4-8-19-11-13/h2-3,6-7,13,19-20H,4-5,8-11H2,1H3/t13-/m1/s1. The highest BCUT2D eigenvalue weighted by Crippen LogP contribution is 2.24. The van der Waals surface area contributed by atoms with E-state index in [1.165, 1.54) is 29.5 Å². The number of para-hydroxylation sites is 1. The molecule has 23 heavy (non-hydrogen) atoms. The van der Waals surface area contributed by atoms with E-state index in [9.17, 15) is 0 Å². The molecular weight excluding hydrogens is 288 g/mol. The third-order valence-electron chi connectivity index (χ3n) is 4.73. The Morgan fingerprint density at radius 1 is 1.30 bits per heavy atom. The molecular formula is C18H22N4O. The third-order valence-corrected chi connectivity index (χ3v) is 4.73. The van der Waals surface area contributed by atoms with Gasteiger partial charge in [-0.2, -0.15) is 4.98 Å². The molecule has 3 heterocycles. The van der Waals surface area contributed by atoms with Gasteiger partial charge in [-0.3, -0.25) is 0 Å². The molecule has 1 aliphatic heterocycles. The Bertz CT molecular complexity index is 798. The van der Waals surface area contributed by atoms with E-state index in [4.69, 9.17) is 4.52 Å². The van der Waals surface area contributed by atoms with Crippen LogP contribution in [0, 0.1) is 12.8 Å². The normalized spacial score (nSPS) is 18.6. The third kappa shape index (κ3) is 3.01. The molecule has 1 aromatic carbocycles. The molecule has 1 fully saturated rings. The number of H-pyrrole nitrogens is 1. The Morgan fingerprint density at radius 2 is 2.22 bits per heavy atom. The minimum atomic E-state index is 0.617. The van der Waals surface area contributed by atoms with Gasteiger partial charge in [-0.25, -0.2) is 0 Å². The Kier molecular flexibility index (Phi) is 3.87. The maximum atomic E-state index is 5.47. The lowest BCUT2D eigenvalue weighted by Crippen LogP contribution is -2.30. The molecule has 2 aromatic heterocycles. The van der Waals surface area contributed by atoms with Crippen molar-refractivity contribution in [3.05, 3.63) is 47.2 Å². The smallest absolute Gasteiger partial charge is 0.226 e. The Morgan fingerprint density at radius 3 is 3.09 bits per heavy atom. The van der Waals surface area contributed by atoms with Crippen LogP contribution < -0.4 is 5.32 Å². The van der Waals surface area contributed by atoms with Crippen LogP contribution in [0.1, 0.15) is 35.8 Å². The summed E-state index contributed by atoms with van der Waals surface area (Å²) in [5.41, 5.74) is 3.60. The maximum absolute atomic E-state index is 5.47. The summed E-state index contributed by atoms with van der Waals surface area (Å²) in [7, 11) is 0. The van der Waals surface area contributed by atoms with E-state index >= 15 is 0 Å². The van der Waals surface area contributed by atoms with Gasteiger partial charge in [-0.15, -0.1) is 0 Å². The summed E-state index contributed by atoms with van der Waals surface area (Å²) >= 11 is 0. The second-order valence-electron chi connectivity index (χ2n) is 6.47. The van der Waals surface area contributed by atoms with Gasteiger partial charge in [0, 0.05) is 29.4 Å². The van der Waals surface area contributed by atoms with Crippen LogP contribution >= 0.6 is 0 Å². The number of nitrogens with zero attached hydrogens (tertiary/aromatic N) is 2. The molecule has 1 atom stereocenters. The van der Waals surface area contributed by atoms with Crippen LogP contribution in [0.5, 0.6) is 0 Å². The topological polar surface area (TPSA) is 66.7 Å². The average molecular weight is 310 g/mol. The molecule has 2 N–H and O–H groups in total. The summed E-state index contributed by atoms with van der Waals surface area (Å²) in [6.07, 6.45) is 4.07. The number of rotatable bonds is 4. The SMILES string of the molecule is Cc1[nH]c2ccccc2c1Cc1noc(C[C@H]2CCCNC2)n1. The van der Waals surface area contributed by atoms with Gasteiger partial charge in [0.15, 0.2) is 5.82 Å². The lowest BCUT2D eigenvalue weighted by atomic mass is 9.96. The first-order chi connectivity index (χ1) is 11.3. The van der Waals surface area contributed by atoms with Gasteiger partial charge in [-0.1, -0.05) is 23.4 Å². The van der Waals surface area contributed by atoms with Crippen molar-refractivity contribution in [1.29, 1.82) is 0 Å². The lowest BCUT2D eigenvalue weighted by molar-refractivity contribution is 0.314. The quantitative estimate of drug-likeness (QED) is 0.777. The van der Waals surface area contributed by atoms with E-state index in [2.05, 4.69) is 45.6 Å².